The van der Waals surface area contributed by atoms with Gasteiger partial charge in [0.2, 0.25) is 5.91 Å². The van der Waals surface area contributed by atoms with E-state index in [-0.39, 0.29) is 24.3 Å². The fourth-order valence-electron chi connectivity index (χ4n) is 1.70. The van der Waals surface area contributed by atoms with Crippen LogP contribution in [0.5, 0.6) is 0 Å². The van der Waals surface area contributed by atoms with Crippen LogP contribution in [-0.4, -0.2) is 45.9 Å². The molecule has 2 N–H and O–H groups in total. The van der Waals surface area contributed by atoms with Crippen molar-refractivity contribution >= 4 is 35.0 Å². The van der Waals surface area contributed by atoms with Crippen LogP contribution in [0.15, 0.2) is 24.4 Å². The first-order valence-electron chi connectivity index (χ1n) is 6.79. The lowest BCUT2D eigenvalue weighted by Gasteiger charge is -2.09. The zero-order valence-electron chi connectivity index (χ0n) is 13.0. The highest BCUT2D eigenvalue weighted by molar-refractivity contribution is 6.31. The van der Waals surface area contributed by atoms with E-state index in [1.165, 1.54) is 15.9 Å². The van der Waals surface area contributed by atoms with Crippen molar-refractivity contribution in [1.29, 1.82) is 0 Å². The molecule has 23 heavy (non-hydrogen) atoms. The molecule has 0 radical (unpaired) electrons. The van der Waals surface area contributed by atoms with Gasteiger partial charge in [0.25, 0.3) is 0 Å². The van der Waals surface area contributed by atoms with E-state index in [0.29, 0.717) is 10.7 Å². The average Bonchev–Trinajstić information content (AvgIpc) is 2.89. The second kappa shape index (κ2) is 7.10. The molecular formula is C14H17ClN6O2. The number of anilines is 2. The third kappa shape index (κ3) is 4.68. The number of carbonyl (C=O) groups excluding carboxylic acids is 2. The normalized spacial score (nSPS) is 10.3. The molecule has 0 spiro atoms. The summed E-state index contributed by atoms with van der Waals surface area (Å²) in [5.74, 6) is -0.0214. The Balaban J connectivity index is 1.97. The van der Waals surface area contributed by atoms with Crippen LogP contribution in [0.2, 0.25) is 5.02 Å². The molecule has 0 aliphatic carbocycles. The first-order chi connectivity index (χ1) is 10.8. The predicted molar refractivity (Wildman–Crippen MR) is 87.5 cm³/mol. The van der Waals surface area contributed by atoms with E-state index in [1.54, 1.807) is 26.2 Å². The molecule has 2 rings (SSSR count). The predicted octanol–water partition coefficient (Wildman–Crippen LogP) is 1.97. The Kier molecular flexibility index (Phi) is 5.17. The molecule has 0 atom stereocenters. The molecule has 9 heteroatoms. The maximum atomic E-state index is 12.0. The van der Waals surface area contributed by atoms with Crippen LogP contribution in [0.3, 0.4) is 0 Å². The van der Waals surface area contributed by atoms with Gasteiger partial charge in [-0.2, -0.15) is 9.90 Å². The number of aryl methyl sites for hydroxylation is 1. The number of nitrogens with one attached hydrogen (secondary N) is 2. The zero-order valence-corrected chi connectivity index (χ0v) is 13.8. The van der Waals surface area contributed by atoms with Crippen LogP contribution in [0.1, 0.15) is 5.56 Å². The van der Waals surface area contributed by atoms with Crippen molar-refractivity contribution in [2.45, 2.75) is 13.5 Å². The number of amides is 3. The number of benzene rings is 1. The summed E-state index contributed by atoms with van der Waals surface area (Å²) in [5.41, 5.74) is 1.53. The van der Waals surface area contributed by atoms with E-state index < -0.39 is 0 Å². The van der Waals surface area contributed by atoms with Gasteiger partial charge in [0, 0.05) is 24.8 Å². The second-order valence-electron chi connectivity index (χ2n) is 5.09. The maximum absolute atomic E-state index is 12.0. The smallest absolute Gasteiger partial charge is 0.322 e. The summed E-state index contributed by atoms with van der Waals surface area (Å²) in [7, 11) is 3.22. The maximum Gasteiger partial charge on any atom is 0.322 e. The van der Waals surface area contributed by atoms with E-state index in [2.05, 4.69) is 20.8 Å². The minimum absolute atomic E-state index is 0.0796. The molecule has 0 saturated heterocycles. The summed E-state index contributed by atoms with van der Waals surface area (Å²) < 4.78 is 0. The fraction of sp³-hybridized carbons (Fsp3) is 0.286. The van der Waals surface area contributed by atoms with Crippen molar-refractivity contribution in [3.63, 3.8) is 0 Å². The summed E-state index contributed by atoms with van der Waals surface area (Å²) in [5, 5.41) is 13.8. The molecule has 0 saturated carbocycles. The van der Waals surface area contributed by atoms with Gasteiger partial charge in [0.15, 0.2) is 5.82 Å². The molecule has 1 aromatic carbocycles. The third-order valence-corrected chi connectivity index (χ3v) is 3.17. The Labute approximate surface area is 138 Å². The van der Waals surface area contributed by atoms with Gasteiger partial charge in [0.1, 0.15) is 6.54 Å². The number of halogens is 1. The van der Waals surface area contributed by atoms with Crippen molar-refractivity contribution in [2.24, 2.45) is 0 Å². The number of aromatic nitrogens is 3. The molecule has 0 aliphatic heterocycles. The fourth-order valence-corrected chi connectivity index (χ4v) is 1.87. The van der Waals surface area contributed by atoms with Gasteiger partial charge >= 0.3 is 6.03 Å². The molecule has 8 nitrogen and oxygen atoms in total. The highest BCUT2D eigenvalue weighted by atomic mass is 35.5. The van der Waals surface area contributed by atoms with Crippen molar-refractivity contribution < 1.29 is 9.59 Å². The molecule has 0 bridgehead atoms. The van der Waals surface area contributed by atoms with E-state index in [0.717, 1.165) is 5.56 Å². The number of rotatable bonds is 4. The molecule has 0 aliphatic rings. The van der Waals surface area contributed by atoms with Crippen LogP contribution in [0.25, 0.3) is 0 Å². The first kappa shape index (κ1) is 16.8. The highest BCUT2D eigenvalue weighted by Crippen LogP contribution is 2.20. The Bertz CT molecular complexity index is 728. The van der Waals surface area contributed by atoms with Crippen molar-refractivity contribution in [3.05, 3.63) is 35.0 Å². The summed E-state index contributed by atoms with van der Waals surface area (Å²) in [6.07, 6.45) is 1.37. The lowest BCUT2D eigenvalue weighted by molar-refractivity contribution is -0.117. The standard InChI is InChI=1S/C14H17ClN6O2/c1-9-4-5-10(15)6-11(9)17-13(22)8-21-16-7-12(19-21)18-14(23)20(2)3/h4-7H,8H2,1-3H3,(H,17,22)(H,18,19,23). The van der Waals surface area contributed by atoms with Crippen molar-refractivity contribution in [3.8, 4) is 0 Å². The van der Waals surface area contributed by atoms with Gasteiger partial charge in [0.05, 0.1) is 6.20 Å². The zero-order chi connectivity index (χ0) is 17.0. The van der Waals surface area contributed by atoms with Crippen LogP contribution in [0.4, 0.5) is 16.3 Å². The topological polar surface area (TPSA) is 92.2 Å². The monoisotopic (exact) mass is 336 g/mol. The summed E-state index contributed by atoms with van der Waals surface area (Å²) in [6, 6.07) is 4.92. The molecule has 0 unspecified atom stereocenters. The van der Waals surface area contributed by atoms with Crippen LogP contribution < -0.4 is 10.6 Å². The Morgan fingerprint density at radius 1 is 1.30 bits per heavy atom. The van der Waals surface area contributed by atoms with Gasteiger partial charge in [-0.3, -0.25) is 10.1 Å². The Hall–Kier alpha value is -2.61. The minimum atomic E-state index is -0.323. The summed E-state index contributed by atoms with van der Waals surface area (Å²) in [6.45, 7) is 1.79. The number of carbonyl (C=O) groups is 2. The molecule has 0 fully saturated rings. The van der Waals surface area contributed by atoms with Gasteiger partial charge < -0.3 is 10.2 Å². The van der Waals surface area contributed by atoms with Crippen LogP contribution in [0, 0.1) is 6.92 Å². The lowest BCUT2D eigenvalue weighted by Crippen LogP contribution is -2.27. The SMILES string of the molecule is Cc1ccc(Cl)cc1NC(=O)Cn1ncc(NC(=O)N(C)C)n1. The largest absolute Gasteiger partial charge is 0.331 e. The quantitative estimate of drug-likeness (QED) is 0.892. The Morgan fingerprint density at radius 2 is 2.04 bits per heavy atom. The summed E-state index contributed by atoms with van der Waals surface area (Å²) in [4.78, 5) is 26.1. The molecular weight excluding hydrogens is 320 g/mol. The second-order valence-corrected chi connectivity index (χ2v) is 5.53. The number of urea groups is 1. The molecule has 1 heterocycles. The van der Waals surface area contributed by atoms with Crippen molar-refractivity contribution in [1.82, 2.24) is 19.9 Å². The Morgan fingerprint density at radius 3 is 2.74 bits per heavy atom. The number of hydrogen-bond donors (Lipinski definition) is 2. The summed E-state index contributed by atoms with van der Waals surface area (Å²) >= 11 is 5.91. The van der Waals surface area contributed by atoms with Gasteiger partial charge in [-0.1, -0.05) is 17.7 Å². The van der Waals surface area contributed by atoms with Gasteiger partial charge in [-0.05, 0) is 24.6 Å². The molecule has 2 aromatic rings. The van der Waals surface area contributed by atoms with Crippen LogP contribution in [-0.2, 0) is 11.3 Å². The third-order valence-electron chi connectivity index (χ3n) is 2.94. The highest BCUT2D eigenvalue weighted by Gasteiger charge is 2.11. The first-order valence-corrected chi connectivity index (χ1v) is 7.17. The van der Waals surface area contributed by atoms with Gasteiger partial charge in [-0.15, -0.1) is 5.10 Å². The molecule has 1 aromatic heterocycles. The van der Waals surface area contributed by atoms with Crippen molar-refractivity contribution in [2.75, 3.05) is 24.7 Å². The van der Waals surface area contributed by atoms with E-state index in [4.69, 9.17) is 11.6 Å². The molecule has 3 amide bonds. The lowest BCUT2D eigenvalue weighted by atomic mass is 10.2. The van der Waals surface area contributed by atoms with Gasteiger partial charge in [-0.25, -0.2) is 4.79 Å². The molecule has 122 valence electrons. The van der Waals surface area contributed by atoms with E-state index in [9.17, 15) is 9.59 Å². The minimum Gasteiger partial charge on any atom is -0.331 e. The number of nitrogens with zero attached hydrogens (tertiary/aromatic N) is 4. The van der Waals surface area contributed by atoms with E-state index in [1.807, 2.05) is 13.0 Å². The van der Waals surface area contributed by atoms with Crippen LogP contribution >= 0.6 is 11.6 Å². The van der Waals surface area contributed by atoms with E-state index >= 15 is 0 Å². The number of hydrogen-bond acceptors (Lipinski definition) is 4. The average molecular weight is 337 g/mol.